The summed E-state index contributed by atoms with van der Waals surface area (Å²) in [6.45, 7) is 2.94. The summed E-state index contributed by atoms with van der Waals surface area (Å²) in [5, 5.41) is 12.0. The van der Waals surface area contributed by atoms with Gasteiger partial charge in [0.25, 0.3) is 5.56 Å². The van der Waals surface area contributed by atoms with E-state index in [2.05, 4.69) is 0 Å². The van der Waals surface area contributed by atoms with Gasteiger partial charge in [0.05, 0.1) is 29.5 Å². The molecule has 1 N–H and O–H groups in total. The Hall–Kier alpha value is -1.86. The maximum absolute atomic E-state index is 12.5. The minimum absolute atomic E-state index is 0.0337. The molecule has 1 aliphatic rings. The standard InChI is InChI=1S/C15H17NO5S/c1-2-20-15(19)11-12(17)14(18)16(8-9-4-3-6-21-9)10-5-7-22-13(10)11/h5,7,9,17H,2-4,6,8H2,1H3. The Balaban J connectivity index is 2.13. The smallest absolute Gasteiger partial charge is 0.343 e. The van der Waals surface area contributed by atoms with E-state index in [1.807, 2.05) is 0 Å². The molecule has 1 atom stereocenters. The van der Waals surface area contributed by atoms with Crippen molar-refractivity contribution in [1.82, 2.24) is 4.57 Å². The number of hydrogen-bond acceptors (Lipinski definition) is 6. The maximum atomic E-state index is 12.5. The number of rotatable bonds is 4. The van der Waals surface area contributed by atoms with Gasteiger partial charge < -0.3 is 19.1 Å². The number of esters is 1. The van der Waals surface area contributed by atoms with Gasteiger partial charge in [-0.25, -0.2) is 4.79 Å². The van der Waals surface area contributed by atoms with Gasteiger partial charge in [-0.1, -0.05) is 0 Å². The molecule has 7 heteroatoms. The topological polar surface area (TPSA) is 77.8 Å². The van der Waals surface area contributed by atoms with E-state index >= 15 is 0 Å². The lowest BCUT2D eigenvalue weighted by atomic mass is 10.2. The predicted molar refractivity (Wildman–Crippen MR) is 82.7 cm³/mol. The second-order valence-electron chi connectivity index (χ2n) is 5.13. The fourth-order valence-corrected chi connectivity index (χ4v) is 3.65. The molecule has 2 aromatic rings. The molecule has 3 rings (SSSR count). The first kappa shape index (κ1) is 15.1. The van der Waals surface area contributed by atoms with Gasteiger partial charge >= 0.3 is 5.97 Å². The molecule has 1 aliphatic heterocycles. The summed E-state index contributed by atoms with van der Waals surface area (Å²) in [4.78, 5) is 24.5. The van der Waals surface area contributed by atoms with E-state index in [1.54, 1.807) is 18.4 Å². The lowest BCUT2D eigenvalue weighted by Crippen LogP contribution is -2.27. The highest BCUT2D eigenvalue weighted by Crippen LogP contribution is 2.30. The number of hydrogen-bond donors (Lipinski definition) is 1. The number of carbonyl (C=O) groups excluding carboxylic acids is 1. The van der Waals surface area contributed by atoms with E-state index in [0.717, 1.165) is 12.8 Å². The van der Waals surface area contributed by atoms with Crippen molar-refractivity contribution in [1.29, 1.82) is 0 Å². The van der Waals surface area contributed by atoms with E-state index in [9.17, 15) is 14.7 Å². The first-order valence-corrected chi connectivity index (χ1v) is 8.13. The van der Waals surface area contributed by atoms with Crippen LogP contribution in [-0.2, 0) is 16.0 Å². The zero-order valence-electron chi connectivity index (χ0n) is 12.2. The molecule has 0 radical (unpaired) electrons. The van der Waals surface area contributed by atoms with E-state index in [0.29, 0.717) is 23.4 Å². The third-order valence-corrected chi connectivity index (χ3v) is 4.66. The van der Waals surface area contributed by atoms with Crippen molar-refractivity contribution >= 4 is 27.5 Å². The number of fused-ring (bicyclic) bond motifs is 1. The van der Waals surface area contributed by atoms with E-state index in [-0.39, 0.29) is 18.3 Å². The zero-order valence-corrected chi connectivity index (χ0v) is 13.0. The Bertz CT molecular complexity index is 757. The normalized spacial score (nSPS) is 18.0. The number of carbonyl (C=O) groups is 1. The summed E-state index contributed by atoms with van der Waals surface area (Å²) in [5.41, 5.74) is 0.0104. The third-order valence-electron chi connectivity index (χ3n) is 3.74. The maximum Gasteiger partial charge on any atom is 0.343 e. The van der Waals surface area contributed by atoms with Crippen LogP contribution in [0, 0.1) is 0 Å². The molecule has 0 amide bonds. The summed E-state index contributed by atoms with van der Waals surface area (Å²) in [7, 11) is 0. The molecular weight excluding hydrogens is 306 g/mol. The van der Waals surface area contributed by atoms with Crippen molar-refractivity contribution < 1.29 is 19.4 Å². The summed E-state index contributed by atoms with van der Waals surface area (Å²) in [5.74, 6) is -1.22. The highest BCUT2D eigenvalue weighted by Gasteiger charge is 2.25. The van der Waals surface area contributed by atoms with Crippen LogP contribution in [0.4, 0.5) is 0 Å². The largest absolute Gasteiger partial charge is 0.502 e. The van der Waals surface area contributed by atoms with Gasteiger partial charge in [0, 0.05) is 6.61 Å². The van der Waals surface area contributed by atoms with Crippen molar-refractivity contribution in [2.45, 2.75) is 32.4 Å². The minimum atomic E-state index is -0.672. The molecule has 1 fully saturated rings. The van der Waals surface area contributed by atoms with Crippen LogP contribution in [0.25, 0.3) is 10.2 Å². The SMILES string of the molecule is CCOC(=O)c1c(O)c(=O)n(CC2CCCO2)c2ccsc12. The quantitative estimate of drug-likeness (QED) is 0.872. The average molecular weight is 323 g/mol. The average Bonchev–Trinajstić information content (AvgIpc) is 3.15. The molecule has 1 saturated heterocycles. The third kappa shape index (κ3) is 2.50. The van der Waals surface area contributed by atoms with Gasteiger partial charge in [0.15, 0.2) is 5.75 Å². The lowest BCUT2D eigenvalue weighted by molar-refractivity contribution is 0.0525. The number of pyridine rings is 1. The van der Waals surface area contributed by atoms with Crippen molar-refractivity contribution in [3.8, 4) is 5.75 Å². The van der Waals surface area contributed by atoms with Crippen LogP contribution in [0.3, 0.4) is 0 Å². The van der Waals surface area contributed by atoms with E-state index in [1.165, 1.54) is 15.9 Å². The van der Waals surface area contributed by atoms with Crippen molar-refractivity contribution in [2.24, 2.45) is 0 Å². The summed E-state index contributed by atoms with van der Waals surface area (Å²) in [6.07, 6.45) is 1.83. The highest BCUT2D eigenvalue weighted by atomic mass is 32.1. The molecule has 0 aromatic carbocycles. The predicted octanol–water partition coefficient (Wildman–Crippen LogP) is 2.12. The van der Waals surface area contributed by atoms with E-state index < -0.39 is 17.3 Å². The molecule has 118 valence electrons. The molecule has 6 nitrogen and oxygen atoms in total. The minimum Gasteiger partial charge on any atom is -0.502 e. The van der Waals surface area contributed by atoms with Gasteiger partial charge in [-0.3, -0.25) is 4.79 Å². The Labute approximate surface area is 130 Å². The lowest BCUT2D eigenvalue weighted by Gasteiger charge is -2.15. The van der Waals surface area contributed by atoms with Gasteiger partial charge in [-0.05, 0) is 31.2 Å². The molecule has 0 spiro atoms. The molecule has 0 aliphatic carbocycles. The second-order valence-corrected chi connectivity index (χ2v) is 6.05. The summed E-state index contributed by atoms with van der Waals surface area (Å²) < 4.78 is 12.6. The number of ether oxygens (including phenoxy) is 2. The Morgan fingerprint density at radius 2 is 2.41 bits per heavy atom. The fourth-order valence-electron chi connectivity index (χ4n) is 2.72. The van der Waals surface area contributed by atoms with Crippen LogP contribution in [0.15, 0.2) is 16.2 Å². The van der Waals surface area contributed by atoms with Crippen molar-refractivity contribution in [3.63, 3.8) is 0 Å². The molecule has 2 aromatic heterocycles. The van der Waals surface area contributed by atoms with Crippen LogP contribution in [-0.4, -0.2) is 35.0 Å². The number of aromatic nitrogens is 1. The number of thiophene rings is 1. The van der Waals surface area contributed by atoms with Crippen LogP contribution >= 0.6 is 11.3 Å². The fraction of sp³-hybridized carbons (Fsp3) is 0.467. The monoisotopic (exact) mass is 323 g/mol. The first-order valence-electron chi connectivity index (χ1n) is 7.25. The van der Waals surface area contributed by atoms with Crippen LogP contribution in [0.5, 0.6) is 5.75 Å². The second kappa shape index (κ2) is 6.10. The van der Waals surface area contributed by atoms with E-state index in [4.69, 9.17) is 9.47 Å². The summed E-state index contributed by atoms with van der Waals surface area (Å²) in [6, 6.07) is 1.78. The molecule has 0 bridgehead atoms. The van der Waals surface area contributed by atoms with Crippen LogP contribution in [0.1, 0.15) is 30.1 Å². The van der Waals surface area contributed by atoms with Gasteiger partial charge in [-0.15, -0.1) is 11.3 Å². The Kier molecular flexibility index (Phi) is 4.17. The van der Waals surface area contributed by atoms with Gasteiger partial charge in [-0.2, -0.15) is 0 Å². The van der Waals surface area contributed by atoms with Crippen molar-refractivity contribution in [3.05, 3.63) is 27.4 Å². The highest BCUT2D eigenvalue weighted by molar-refractivity contribution is 7.17. The number of aromatic hydroxyl groups is 1. The first-order chi connectivity index (χ1) is 10.6. The molecular formula is C15H17NO5S. The molecule has 3 heterocycles. The molecule has 22 heavy (non-hydrogen) atoms. The van der Waals surface area contributed by atoms with Gasteiger partial charge in [0.1, 0.15) is 5.56 Å². The summed E-state index contributed by atoms with van der Waals surface area (Å²) >= 11 is 1.30. The van der Waals surface area contributed by atoms with Crippen LogP contribution in [0.2, 0.25) is 0 Å². The zero-order chi connectivity index (χ0) is 15.7. The Morgan fingerprint density at radius 1 is 1.59 bits per heavy atom. The number of nitrogens with zero attached hydrogens (tertiary/aromatic N) is 1. The van der Waals surface area contributed by atoms with Crippen molar-refractivity contribution in [2.75, 3.05) is 13.2 Å². The van der Waals surface area contributed by atoms with Gasteiger partial charge in [0.2, 0.25) is 0 Å². The Morgan fingerprint density at radius 3 is 3.09 bits per heavy atom. The molecule has 0 saturated carbocycles. The van der Waals surface area contributed by atoms with Crippen LogP contribution < -0.4 is 5.56 Å². The molecule has 1 unspecified atom stereocenters.